The number of hydrogen-bond donors (Lipinski definition) is 2. The van der Waals surface area contributed by atoms with Gasteiger partial charge in [0.1, 0.15) is 0 Å². The van der Waals surface area contributed by atoms with E-state index in [4.69, 9.17) is 4.74 Å². The van der Waals surface area contributed by atoms with Crippen molar-refractivity contribution in [3.8, 4) is 0 Å². The Morgan fingerprint density at radius 1 is 1.10 bits per heavy atom. The number of rotatable bonds is 5. The van der Waals surface area contributed by atoms with Gasteiger partial charge in [0.15, 0.2) is 0 Å². The average molecular weight is 293 g/mol. The fourth-order valence-corrected chi connectivity index (χ4v) is 3.71. The maximum absolute atomic E-state index is 11.9. The summed E-state index contributed by atoms with van der Waals surface area (Å²) in [5.74, 6) is 0.203. The predicted octanol–water partition coefficient (Wildman–Crippen LogP) is 0.641. The lowest BCUT2D eigenvalue weighted by Crippen LogP contribution is -2.48. The van der Waals surface area contributed by atoms with Gasteiger partial charge in [0.05, 0.1) is 18.8 Å². The highest BCUT2D eigenvalue weighted by Crippen LogP contribution is 2.37. The van der Waals surface area contributed by atoms with Crippen LogP contribution < -0.4 is 10.6 Å². The van der Waals surface area contributed by atoms with Crippen molar-refractivity contribution in [1.29, 1.82) is 0 Å². The molecule has 2 heterocycles. The third-order valence-corrected chi connectivity index (χ3v) is 5.33. The highest BCUT2D eigenvalue weighted by Gasteiger charge is 2.43. The molecule has 4 aliphatic rings. The van der Waals surface area contributed by atoms with Gasteiger partial charge in [0.2, 0.25) is 5.91 Å². The van der Waals surface area contributed by atoms with E-state index in [1.165, 1.54) is 12.8 Å². The summed E-state index contributed by atoms with van der Waals surface area (Å²) < 4.78 is 6.16. The number of piperidine rings is 1. The molecule has 4 rings (SSSR count). The molecule has 2 saturated carbocycles. The molecule has 21 heavy (non-hydrogen) atoms. The summed E-state index contributed by atoms with van der Waals surface area (Å²) in [7, 11) is 0. The summed E-state index contributed by atoms with van der Waals surface area (Å²) in [6.07, 6.45) is 8.32. The summed E-state index contributed by atoms with van der Waals surface area (Å²) in [5, 5.41) is 6.77. The van der Waals surface area contributed by atoms with Gasteiger partial charge in [-0.25, -0.2) is 0 Å². The van der Waals surface area contributed by atoms with Crippen molar-refractivity contribution in [2.24, 2.45) is 0 Å². The Balaban J connectivity index is 1.21. The fraction of sp³-hybridized carbons (Fsp3) is 0.938. The van der Waals surface area contributed by atoms with Crippen LogP contribution in [-0.2, 0) is 9.53 Å². The number of likely N-dealkylation sites (tertiary alicyclic amines) is 1. The first-order valence-corrected chi connectivity index (χ1v) is 8.63. The molecule has 1 unspecified atom stereocenters. The Morgan fingerprint density at radius 2 is 1.81 bits per heavy atom. The summed E-state index contributed by atoms with van der Waals surface area (Å²) in [4.78, 5) is 14.1. The van der Waals surface area contributed by atoms with Crippen LogP contribution in [0.3, 0.4) is 0 Å². The second-order valence-corrected chi connectivity index (χ2v) is 7.45. The standard InChI is InChI=1S/C16H27N3O2/c20-15(18-13-3-4-13)10-19-7-5-16(6-8-19)9-14(11-21-16)17-12-1-2-12/h12-14,17H,1-11H2,(H,18,20). The maximum Gasteiger partial charge on any atom is 0.234 e. The number of amides is 1. The smallest absolute Gasteiger partial charge is 0.234 e. The van der Waals surface area contributed by atoms with Crippen LogP contribution >= 0.6 is 0 Å². The van der Waals surface area contributed by atoms with Crippen molar-refractivity contribution in [3.05, 3.63) is 0 Å². The van der Waals surface area contributed by atoms with E-state index >= 15 is 0 Å². The van der Waals surface area contributed by atoms with Crippen molar-refractivity contribution in [1.82, 2.24) is 15.5 Å². The molecule has 4 fully saturated rings. The van der Waals surface area contributed by atoms with E-state index < -0.39 is 0 Å². The lowest BCUT2D eigenvalue weighted by atomic mass is 9.87. The van der Waals surface area contributed by atoms with Gasteiger partial charge in [-0.05, 0) is 44.9 Å². The molecule has 1 atom stereocenters. The molecule has 0 aromatic carbocycles. The highest BCUT2D eigenvalue weighted by atomic mass is 16.5. The minimum atomic E-state index is 0.0933. The summed E-state index contributed by atoms with van der Waals surface area (Å²) in [6, 6.07) is 1.79. The topological polar surface area (TPSA) is 53.6 Å². The van der Waals surface area contributed by atoms with Crippen LogP contribution in [0.15, 0.2) is 0 Å². The Hall–Kier alpha value is -0.650. The monoisotopic (exact) mass is 293 g/mol. The van der Waals surface area contributed by atoms with Crippen LogP contribution in [0.2, 0.25) is 0 Å². The first kappa shape index (κ1) is 14.0. The molecular formula is C16H27N3O2. The molecule has 2 N–H and O–H groups in total. The van der Waals surface area contributed by atoms with Gasteiger partial charge in [-0.3, -0.25) is 9.69 Å². The highest BCUT2D eigenvalue weighted by molar-refractivity contribution is 5.78. The summed E-state index contributed by atoms with van der Waals surface area (Å²) in [5.41, 5.74) is 0.0933. The third kappa shape index (κ3) is 3.58. The molecule has 2 aliphatic carbocycles. The van der Waals surface area contributed by atoms with Crippen LogP contribution in [0.4, 0.5) is 0 Å². The minimum Gasteiger partial charge on any atom is -0.373 e. The number of hydrogen-bond acceptors (Lipinski definition) is 4. The zero-order valence-corrected chi connectivity index (χ0v) is 12.8. The van der Waals surface area contributed by atoms with Gasteiger partial charge >= 0.3 is 0 Å². The maximum atomic E-state index is 11.9. The van der Waals surface area contributed by atoms with Crippen molar-refractivity contribution in [2.45, 2.75) is 68.7 Å². The summed E-state index contributed by atoms with van der Waals surface area (Å²) in [6.45, 7) is 3.43. The van der Waals surface area contributed by atoms with Gasteiger partial charge < -0.3 is 15.4 Å². The van der Waals surface area contributed by atoms with E-state index in [1.54, 1.807) is 0 Å². The quantitative estimate of drug-likeness (QED) is 0.781. The Kier molecular flexibility index (Phi) is 3.67. The van der Waals surface area contributed by atoms with Crippen molar-refractivity contribution in [2.75, 3.05) is 26.2 Å². The van der Waals surface area contributed by atoms with Crippen LogP contribution in [0, 0.1) is 0 Å². The lowest BCUT2D eigenvalue weighted by Gasteiger charge is -2.38. The molecule has 0 radical (unpaired) electrons. The van der Waals surface area contributed by atoms with E-state index in [9.17, 15) is 4.79 Å². The second-order valence-electron chi connectivity index (χ2n) is 7.45. The van der Waals surface area contributed by atoms with Crippen molar-refractivity contribution < 1.29 is 9.53 Å². The van der Waals surface area contributed by atoms with E-state index in [0.717, 1.165) is 57.8 Å². The van der Waals surface area contributed by atoms with Crippen molar-refractivity contribution >= 4 is 5.91 Å². The molecule has 5 heteroatoms. The minimum absolute atomic E-state index is 0.0933. The largest absolute Gasteiger partial charge is 0.373 e. The molecule has 2 aliphatic heterocycles. The van der Waals surface area contributed by atoms with Crippen LogP contribution in [0.1, 0.15) is 44.9 Å². The SMILES string of the molecule is O=C(CN1CCC2(CC1)CC(NC1CC1)CO2)NC1CC1. The molecule has 0 bridgehead atoms. The van der Waals surface area contributed by atoms with E-state index in [1.807, 2.05) is 0 Å². The molecule has 118 valence electrons. The van der Waals surface area contributed by atoms with Crippen molar-refractivity contribution in [3.63, 3.8) is 0 Å². The van der Waals surface area contributed by atoms with Gasteiger partial charge in [0, 0.05) is 31.2 Å². The molecule has 0 aromatic heterocycles. The first-order chi connectivity index (χ1) is 10.2. The van der Waals surface area contributed by atoms with Gasteiger partial charge in [-0.1, -0.05) is 0 Å². The number of ether oxygens (including phenoxy) is 1. The van der Waals surface area contributed by atoms with Crippen LogP contribution in [0.5, 0.6) is 0 Å². The fourth-order valence-electron chi connectivity index (χ4n) is 3.71. The van der Waals surface area contributed by atoms with Crippen LogP contribution in [-0.4, -0.2) is 60.8 Å². The molecule has 2 saturated heterocycles. The van der Waals surface area contributed by atoms with E-state index in [-0.39, 0.29) is 11.5 Å². The average Bonchev–Trinajstić information content (AvgIpc) is 3.37. The molecule has 1 amide bonds. The van der Waals surface area contributed by atoms with E-state index in [2.05, 4.69) is 15.5 Å². The molecule has 5 nitrogen and oxygen atoms in total. The number of carbonyl (C=O) groups excluding carboxylic acids is 1. The molecule has 1 spiro atoms. The van der Waals surface area contributed by atoms with Gasteiger partial charge in [-0.15, -0.1) is 0 Å². The zero-order valence-electron chi connectivity index (χ0n) is 12.8. The Labute approximate surface area is 126 Å². The number of carbonyl (C=O) groups is 1. The Morgan fingerprint density at radius 3 is 2.48 bits per heavy atom. The Bertz CT molecular complexity index is 398. The van der Waals surface area contributed by atoms with E-state index in [0.29, 0.717) is 18.6 Å². The zero-order chi connectivity index (χ0) is 14.3. The second kappa shape index (κ2) is 5.52. The predicted molar refractivity (Wildman–Crippen MR) is 80.1 cm³/mol. The molecule has 0 aromatic rings. The lowest BCUT2D eigenvalue weighted by molar-refractivity contribution is -0.123. The van der Waals surface area contributed by atoms with Gasteiger partial charge in [0.25, 0.3) is 0 Å². The molecular weight excluding hydrogens is 266 g/mol. The number of nitrogens with zero attached hydrogens (tertiary/aromatic N) is 1. The van der Waals surface area contributed by atoms with Crippen LogP contribution in [0.25, 0.3) is 0 Å². The summed E-state index contributed by atoms with van der Waals surface area (Å²) >= 11 is 0. The number of nitrogens with one attached hydrogen (secondary N) is 2. The first-order valence-electron chi connectivity index (χ1n) is 8.63. The normalized spacial score (nSPS) is 32.5. The third-order valence-electron chi connectivity index (χ3n) is 5.33. The van der Waals surface area contributed by atoms with Gasteiger partial charge in [-0.2, -0.15) is 0 Å².